The van der Waals surface area contributed by atoms with Crippen LogP contribution in [0.25, 0.3) is 11.0 Å². The van der Waals surface area contributed by atoms with E-state index >= 15 is 0 Å². The van der Waals surface area contributed by atoms with Crippen molar-refractivity contribution in [3.63, 3.8) is 0 Å². The van der Waals surface area contributed by atoms with Gasteiger partial charge in [0, 0.05) is 30.7 Å². The molecule has 2 fully saturated rings. The van der Waals surface area contributed by atoms with Crippen LogP contribution in [-0.2, 0) is 14.4 Å². The van der Waals surface area contributed by atoms with Crippen molar-refractivity contribution >= 4 is 34.4 Å². The standard InChI is InChI=1S/C25H30N6O4/c1-16-12-17-13-18(7-8-21(17)35-16)28-24(19(14-26)23(27)33)29-20-6-2-3-11-31(25(20)34)15-22(32)30-9-4-5-10-30/h7-8,12-13,20,28-29H,2-6,9-11,15H2,1H3,(H2,27,33)/b24-19+/t20-/m0/s1. The van der Waals surface area contributed by atoms with Gasteiger partial charge in [0.2, 0.25) is 11.8 Å². The zero-order chi connectivity index (χ0) is 24.9. The lowest BCUT2D eigenvalue weighted by atomic mass is 10.1. The van der Waals surface area contributed by atoms with E-state index in [1.165, 1.54) is 0 Å². The number of furan rings is 1. The maximum atomic E-state index is 13.4. The van der Waals surface area contributed by atoms with Crippen molar-refractivity contribution in [3.8, 4) is 6.07 Å². The van der Waals surface area contributed by atoms with Crippen molar-refractivity contribution in [1.82, 2.24) is 15.1 Å². The molecule has 35 heavy (non-hydrogen) atoms. The minimum absolute atomic E-state index is 0.0287. The molecular weight excluding hydrogens is 448 g/mol. The summed E-state index contributed by atoms with van der Waals surface area (Å²) in [7, 11) is 0. The number of likely N-dealkylation sites (tertiary alicyclic amines) is 2. The molecule has 0 bridgehead atoms. The Morgan fingerprint density at radius 3 is 2.63 bits per heavy atom. The Hall–Kier alpha value is -4.00. The summed E-state index contributed by atoms with van der Waals surface area (Å²) < 4.78 is 5.60. The molecule has 3 heterocycles. The third-order valence-electron chi connectivity index (χ3n) is 6.40. The number of benzene rings is 1. The van der Waals surface area contributed by atoms with Gasteiger partial charge in [-0.3, -0.25) is 14.4 Å². The second-order valence-electron chi connectivity index (χ2n) is 9.00. The SMILES string of the molecule is Cc1cc2cc(N/C(N[C@H]3CCCCN(CC(=O)N4CCCC4)C3=O)=C(/C#N)C(N)=O)ccc2o1. The van der Waals surface area contributed by atoms with E-state index in [0.29, 0.717) is 24.2 Å². The highest BCUT2D eigenvalue weighted by Crippen LogP contribution is 2.24. The highest BCUT2D eigenvalue weighted by Gasteiger charge is 2.31. The van der Waals surface area contributed by atoms with E-state index in [4.69, 9.17) is 10.2 Å². The number of amides is 3. The molecule has 0 spiro atoms. The van der Waals surface area contributed by atoms with Crippen LogP contribution in [0.15, 0.2) is 40.1 Å². The normalized spacial score (nSPS) is 19.2. The predicted molar refractivity (Wildman–Crippen MR) is 130 cm³/mol. The van der Waals surface area contributed by atoms with Crippen LogP contribution in [0.2, 0.25) is 0 Å². The first-order valence-electron chi connectivity index (χ1n) is 11.9. The fourth-order valence-electron chi connectivity index (χ4n) is 4.60. The molecule has 1 atom stereocenters. The van der Waals surface area contributed by atoms with E-state index in [1.807, 2.05) is 25.1 Å². The Labute approximate surface area is 203 Å². The van der Waals surface area contributed by atoms with Gasteiger partial charge < -0.3 is 30.6 Å². The Kier molecular flexibility index (Phi) is 7.25. The Balaban J connectivity index is 1.56. The van der Waals surface area contributed by atoms with Gasteiger partial charge in [-0.15, -0.1) is 0 Å². The third-order valence-corrected chi connectivity index (χ3v) is 6.40. The Morgan fingerprint density at radius 1 is 1.17 bits per heavy atom. The van der Waals surface area contributed by atoms with Gasteiger partial charge >= 0.3 is 0 Å². The lowest BCUT2D eigenvalue weighted by molar-refractivity contribution is -0.140. The van der Waals surface area contributed by atoms with Crippen LogP contribution in [-0.4, -0.2) is 59.7 Å². The van der Waals surface area contributed by atoms with Crippen LogP contribution in [0.3, 0.4) is 0 Å². The molecule has 4 N–H and O–H groups in total. The topological polar surface area (TPSA) is 145 Å². The van der Waals surface area contributed by atoms with Gasteiger partial charge in [0.15, 0.2) is 5.57 Å². The smallest absolute Gasteiger partial charge is 0.263 e. The van der Waals surface area contributed by atoms with Crippen LogP contribution in [0.5, 0.6) is 0 Å². The molecule has 0 unspecified atom stereocenters. The number of fused-ring (bicyclic) bond motifs is 1. The van der Waals surface area contributed by atoms with Crippen molar-refractivity contribution in [2.45, 2.75) is 45.1 Å². The lowest BCUT2D eigenvalue weighted by Gasteiger charge is -2.28. The number of carbonyl (C=O) groups is 3. The van der Waals surface area contributed by atoms with Crippen molar-refractivity contribution in [1.29, 1.82) is 5.26 Å². The molecule has 3 amide bonds. The minimum atomic E-state index is -0.912. The third kappa shape index (κ3) is 5.57. The number of hydrogen-bond donors (Lipinski definition) is 3. The van der Waals surface area contributed by atoms with Crippen LogP contribution in [0, 0.1) is 18.3 Å². The van der Waals surface area contributed by atoms with Gasteiger partial charge in [-0.25, -0.2) is 0 Å². The van der Waals surface area contributed by atoms with E-state index < -0.39 is 11.9 Å². The van der Waals surface area contributed by atoms with Crippen molar-refractivity contribution in [2.75, 3.05) is 31.5 Å². The molecule has 2 aliphatic rings. The van der Waals surface area contributed by atoms with E-state index in [2.05, 4.69) is 10.6 Å². The molecule has 1 aromatic carbocycles. The van der Waals surface area contributed by atoms with Gasteiger partial charge in [0.25, 0.3) is 5.91 Å². The number of carbonyl (C=O) groups excluding carboxylic acids is 3. The molecular formula is C25H30N6O4. The zero-order valence-electron chi connectivity index (χ0n) is 19.8. The minimum Gasteiger partial charge on any atom is -0.461 e. The van der Waals surface area contributed by atoms with Gasteiger partial charge in [0.05, 0.1) is 6.54 Å². The molecule has 0 saturated carbocycles. The fourth-order valence-corrected chi connectivity index (χ4v) is 4.60. The van der Waals surface area contributed by atoms with Crippen LogP contribution in [0.4, 0.5) is 5.69 Å². The zero-order valence-corrected chi connectivity index (χ0v) is 19.8. The summed E-state index contributed by atoms with van der Waals surface area (Å²) in [5.74, 6) is -0.384. The maximum Gasteiger partial charge on any atom is 0.263 e. The molecule has 10 heteroatoms. The highest BCUT2D eigenvalue weighted by molar-refractivity contribution is 5.97. The Bertz CT molecular complexity index is 1200. The second kappa shape index (κ2) is 10.5. The van der Waals surface area contributed by atoms with Crippen molar-refractivity contribution < 1.29 is 18.8 Å². The summed E-state index contributed by atoms with van der Waals surface area (Å²) in [5.41, 5.74) is 6.46. The summed E-state index contributed by atoms with van der Waals surface area (Å²) in [6.07, 6.45) is 3.98. The highest BCUT2D eigenvalue weighted by atomic mass is 16.3. The predicted octanol–water partition coefficient (Wildman–Crippen LogP) is 1.97. The summed E-state index contributed by atoms with van der Waals surface area (Å²) in [5, 5.41) is 16.6. The van der Waals surface area contributed by atoms with E-state index in [1.54, 1.807) is 21.9 Å². The number of nitriles is 1. The number of aryl methyl sites for hydroxylation is 1. The van der Waals surface area contributed by atoms with Crippen molar-refractivity contribution in [3.05, 3.63) is 41.4 Å². The average molecular weight is 479 g/mol. The van der Waals surface area contributed by atoms with Gasteiger partial charge in [0.1, 0.15) is 29.3 Å². The molecule has 2 aliphatic heterocycles. The number of anilines is 1. The van der Waals surface area contributed by atoms with Crippen LogP contribution < -0.4 is 16.4 Å². The van der Waals surface area contributed by atoms with Gasteiger partial charge in [-0.05, 0) is 63.3 Å². The average Bonchev–Trinajstić information content (AvgIpc) is 3.45. The van der Waals surface area contributed by atoms with Crippen molar-refractivity contribution in [2.24, 2.45) is 5.73 Å². The lowest BCUT2D eigenvalue weighted by Crippen LogP contribution is -2.49. The molecule has 0 radical (unpaired) electrons. The number of nitrogens with two attached hydrogens (primary N) is 1. The number of hydrogen-bond acceptors (Lipinski definition) is 7. The van der Waals surface area contributed by atoms with E-state index in [-0.39, 0.29) is 29.8 Å². The van der Waals surface area contributed by atoms with Crippen LogP contribution in [0.1, 0.15) is 37.9 Å². The molecule has 10 nitrogen and oxygen atoms in total. The molecule has 1 aromatic heterocycles. The molecule has 0 aliphatic carbocycles. The molecule has 2 saturated heterocycles. The number of nitrogens with zero attached hydrogens (tertiary/aromatic N) is 3. The second-order valence-corrected chi connectivity index (χ2v) is 9.00. The largest absolute Gasteiger partial charge is 0.461 e. The number of primary amides is 1. The Morgan fingerprint density at radius 2 is 1.91 bits per heavy atom. The first-order valence-corrected chi connectivity index (χ1v) is 11.9. The number of rotatable bonds is 7. The summed E-state index contributed by atoms with van der Waals surface area (Å²) in [6.45, 7) is 3.81. The summed E-state index contributed by atoms with van der Waals surface area (Å²) in [4.78, 5) is 41.4. The van der Waals surface area contributed by atoms with Gasteiger partial charge in [-0.1, -0.05) is 0 Å². The summed E-state index contributed by atoms with van der Waals surface area (Å²) >= 11 is 0. The molecule has 2 aromatic rings. The number of nitrogens with one attached hydrogen (secondary N) is 2. The summed E-state index contributed by atoms with van der Waals surface area (Å²) in [6, 6.07) is 8.35. The van der Waals surface area contributed by atoms with Crippen LogP contribution >= 0.6 is 0 Å². The first-order chi connectivity index (χ1) is 16.9. The fraction of sp³-hybridized carbons (Fsp3) is 0.440. The first kappa shape index (κ1) is 24.1. The maximum absolute atomic E-state index is 13.4. The monoisotopic (exact) mass is 478 g/mol. The molecule has 184 valence electrons. The molecule has 4 rings (SSSR count). The quantitative estimate of drug-likeness (QED) is 0.407. The van der Waals surface area contributed by atoms with Gasteiger partial charge in [-0.2, -0.15) is 5.26 Å². The van der Waals surface area contributed by atoms with E-state index in [0.717, 1.165) is 49.9 Å². The van der Waals surface area contributed by atoms with E-state index in [9.17, 15) is 19.6 Å².